The second-order valence-corrected chi connectivity index (χ2v) is 5.20. The highest BCUT2D eigenvalue weighted by Crippen LogP contribution is 2.17. The van der Waals surface area contributed by atoms with Gasteiger partial charge < -0.3 is 10.6 Å². The van der Waals surface area contributed by atoms with E-state index in [1.54, 1.807) is 24.4 Å². The highest BCUT2D eigenvalue weighted by molar-refractivity contribution is 5.95. The zero-order valence-corrected chi connectivity index (χ0v) is 13.2. The smallest absolute Gasteiger partial charge is 0.159 e. The standard InChI is InChI=1S/C18H20N4O/c1-14(23)15-7-8-16(13-19)17(12-15)20-9-4-5-11-22-18-6-2-3-10-21-18/h2-3,6-8,10,12,20H,4-5,9,11H2,1H3,(H,21,22). The normalized spacial score (nSPS) is 9.91. The largest absolute Gasteiger partial charge is 0.384 e. The maximum Gasteiger partial charge on any atom is 0.159 e. The molecule has 0 atom stereocenters. The summed E-state index contributed by atoms with van der Waals surface area (Å²) in [4.78, 5) is 15.6. The molecule has 23 heavy (non-hydrogen) atoms. The SMILES string of the molecule is CC(=O)c1ccc(C#N)c(NCCCCNc2ccccn2)c1. The Kier molecular flexibility index (Phi) is 6.13. The molecule has 2 N–H and O–H groups in total. The van der Waals surface area contributed by atoms with Gasteiger partial charge in [0.1, 0.15) is 11.9 Å². The van der Waals surface area contributed by atoms with Crippen molar-refractivity contribution >= 4 is 17.3 Å². The van der Waals surface area contributed by atoms with Crippen LogP contribution in [0.15, 0.2) is 42.6 Å². The van der Waals surface area contributed by atoms with Gasteiger partial charge in [0, 0.05) is 24.8 Å². The number of Topliss-reactive ketones (excluding diaryl/α,β-unsaturated/α-hetero) is 1. The molecule has 0 saturated carbocycles. The molecule has 0 spiro atoms. The number of hydrogen-bond acceptors (Lipinski definition) is 5. The molecule has 0 radical (unpaired) electrons. The highest BCUT2D eigenvalue weighted by atomic mass is 16.1. The number of anilines is 2. The van der Waals surface area contributed by atoms with Crippen molar-refractivity contribution in [3.63, 3.8) is 0 Å². The summed E-state index contributed by atoms with van der Waals surface area (Å²) in [6, 6.07) is 13.0. The number of unbranched alkanes of at least 4 members (excludes halogenated alkanes) is 1. The van der Waals surface area contributed by atoms with Gasteiger partial charge in [-0.2, -0.15) is 5.26 Å². The Morgan fingerprint density at radius 1 is 1.17 bits per heavy atom. The average Bonchev–Trinajstić information content (AvgIpc) is 2.58. The van der Waals surface area contributed by atoms with Crippen LogP contribution in [0, 0.1) is 11.3 Å². The zero-order valence-electron chi connectivity index (χ0n) is 13.2. The fourth-order valence-electron chi connectivity index (χ4n) is 2.16. The minimum absolute atomic E-state index is 0.00268. The number of carbonyl (C=O) groups excluding carboxylic acids is 1. The second-order valence-electron chi connectivity index (χ2n) is 5.20. The van der Waals surface area contributed by atoms with E-state index >= 15 is 0 Å². The first-order valence-corrected chi connectivity index (χ1v) is 7.64. The van der Waals surface area contributed by atoms with Crippen LogP contribution >= 0.6 is 0 Å². The lowest BCUT2D eigenvalue weighted by atomic mass is 10.1. The summed E-state index contributed by atoms with van der Waals surface area (Å²) in [5, 5.41) is 15.6. The second kappa shape index (κ2) is 8.54. The lowest BCUT2D eigenvalue weighted by molar-refractivity contribution is 0.101. The molecule has 1 aromatic heterocycles. The molecule has 0 aliphatic rings. The minimum Gasteiger partial charge on any atom is -0.384 e. The van der Waals surface area contributed by atoms with Crippen molar-refractivity contribution in [2.75, 3.05) is 23.7 Å². The number of nitrogens with zero attached hydrogens (tertiary/aromatic N) is 2. The molecular weight excluding hydrogens is 288 g/mol. The monoisotopic (exact) mass is 308 g/mol. The number of rotatable bonds is 8. The van der Waals surface area contributed by atoms with Crippen molar-refractivity contribution in [3.05, 3.63) is 53.7 Å². The predicted octanol–water partition coefficient (Wildman–Crippen LogP) is 3.46. The summed E-state index contributed by atoms with van der Waals surface area (Å²) in [6.45, 7) is 3.12. The molecule has 1 aromatic carbocycles. The van der Waals surface area contributed by atoms with Gasteiger partial charge in [-0.25, -0.2) is 4.98 Å². The molecule has 0 saturated heterocycles. The number of carbonyl (C=O) groups is 1. The summed E-state index contributed by atoms with van der Waals surface area (Å²) in [7, 11) is 0. The van der Waals surface area contributed by atoms with Crippen LogP contribution in [0.5, 0.6) is 0 Å². The van der Waals surface area contributed by atoms with Crippen molar-refractivity contribution in [1.82, 2.24) is 4.98 Å². The number of benzene rings is 1. The van der Waals surface area contributed by atoms with E-state index in [-0.39, 0.29) is 5.78 Å². The van der Waals surface area contributed by atoms with E-state index in [0.717, 1.165) is 37.4 Å². The maximum atomic E-state index is 11.4. The van der Waals surface area contributed by atoms with Crippen LogP contribution in [0.1, 0.15) is 35.7 Å². The third-order valence-electron chi connectivity index (χ3n) is 3.44. The van der Waals surface area contributed by atoms with Gasteiger partial charge in [-0.3, -0.25) is 4.79 Å². The molecule has 2 aromatic rings. The van der Waals surface area contributed by atoms with E-state index in [1.165, 1.54) is 6.92 Å². The molecule has 0 aliphatic heterocycles. The first kappa shape index (κ1) is 16.5. The fourth-order valence-corrected chi connectivity index (χ4v) is 2.16. The van der Waals surface area contributed by atoms with Gasteiger partial charge in [0.25, 0.3) is 0 Å². The Balaban J connectivity index is 1.76. The molecule has 0 unspecified atom stereocenters. The molecule has 0 bridgehead atoms. The van der Waals surface area contributed by atoms with Crippen LogP contribution in [-0.4, -0.2) is 23.9 Å². The van der Waals surface area contributed by atoms with Crippen molar-refractivity contribution in [2.24, 2.45) is 0 Å². The van der Waals surface area contributed by atoms with Crippen molar-refractivity contribution < 1.29 is 4.79 Å². The fraction of sp³-hybridized carbons (Fsp3) is 0.278. The molecular formula is C18H20N4O. The number of pyridine rings is 1. The van der Waals surface area contributed by atoms with Crippen LogP contribution in [0.25, 0.3) is 0 Å². The summed E-state index contributed by atoms with van der Waals surface area (Å²) < 4.78 is 0. The third-order valence-corrected chi connectivity index (χ3v) is 3.44. The molecule has 0 aliphatic carbocycles. The van der Waals surface area contributed by atoms with E-state index in [9.17, 15) is 4.79 Å². The number of nitrogens with one attached hydrogen (secondary N) is 2. The summed E-state index contributed by atoms with van der Waals surface area (Å²) in [5.41, 5.74) is 1.89. The van der Waals surface area contributed by atoms with Crippen molar-refractivity contribution in [2.45, 2.75) is 19.8 Å². The van der Waals surface area contributed by atoms with Crippen LogP contribution in [0.4, 0.5) is 11.5 Å². The van der Waals surface area contributed by atoms with Gasteiger partial charge >= 0.3 is 0 Å². The zero-order chi connectivity index (χ0) is 16.5. The third kappa shape index (κ3) is 5.11. The number of hydrogen-bond donors (Lipinski definition) is 2. The van der Waals surface area contributed by atoms with Gasteiger partial charge in [0.2, 0.25) is 0 Å². The summed E-state index contributed by atoms with van der Waals surface area (Å²) in [5.74, 6) is 0.874. The first-order valence-electron chi connectivity index (χ1n) is 7.64. The Morgan fingerprint density at radius 2 is 1.96 bits per heavy atom. The van der Waals surface area contributed by atoms with Gasteiger partial charge in [-0.15, -0.1) is 0 Å². The quantitative estimate of drug-likeness (QED) is 0.577. The molecule has 0 amide bonds. The van der Waals surface area contributed by atoms with E-state index in [4.69, 9.17) is 5.26 Å². The maximum absolute atomic E-state index is 11.4. The Bertz CT molecular complexity index is 692. The minimum atomic E-state index is -0.00268. The number of ketones is 1. The lowest BCUT2D eigenvalue weighted by Gasteiger charge is -2.10. The first-order chi connectivity index (χ1) is 11.2. The predicted molar refractivity (Wildman–Crippen MR) is 91.6 cm³/mol. The van der Waals surface area contributed by atoms with E-state index < -0.39 is 0 Å². The van der Waals surface area contributed by atoms with Crippen LogP contribution < -0.4 is 10.6 Å². The molecule has 5 nitrogen and oxygen atoms in total. The van der Waals surface area contributed by atoms with Crippen LogP contribution in [0.2, 0.25) is 0 Å². The van der Waals surface area contributed by atoms with Crippen molar-refractivity contribution in [1.29, 1.82) is 5.26 Å². The van der Waals surface area contributed by atoms with Gasteiger partial charge in [0.15, 0.2) is 5.78 Å². The number of nitriles is 1. The van der Waals surface area contributed by atoms with E-state index in [1.807, 2.05) is 18.2 Å². The highest BCUT2D eigenvalue weighted by Gasteiger charge is 2.06. The summed E-state index contributed by atoms with van der Waals surface area (Å²) >= 11 is 0. The molecule has 2 rings (SSSR count). The number of aromatic nitrogens is 1. The van der Waals surface area contributed by atoms with Crippen molar-refractivity contribution in [3.8, 4) is 6.07 Å². The Labute approximate surface area is 136 Å². The van der Waals surface area contributed by atoms with E-state index in [0.29, 0.717) is 11.1 Å². The van der Waals surface area contributed by atoms with Gasteiger partial charge in [-0.05, 0) is 50.1 Å². The molecule has 118 valence electrons. The topological polar surface area (TPSA) is 77.8 Å². The Morgan fingerprint density at radius 3 is 2.61 bits per heavy atom. The average molecular weight is 308 g/mol. The van der Waals surface area contributed by atoms with Gasteiger partial charge in [-0.1, -0.05) is 6.07 Å². The molecule has 1 heterocycles. The summed E-state index contributed by atoms with van der Waals surface area (Å²) in [6.07, 6.45) is 3.70. The van der Waals surface area contributed by atoms with Crippen LogP contribution in [-0.2, 0) is 0 Å². The molecule has 0 fully saturated rings. The van der Waals surface area contributed by atoms with Crippen LogP contribution in [0.3, 0.4) is 0 Å². The van der Waals surface area contributed by atoms with E-state index in [2.05, 4.69) is 21.7 Å². The molecule has 5 heteroatoms. The Hall–Kier alpha value is -2.87. The lowest BCUT2D eigenvalue weighted by Crippen LogP contribution is -2.08. The van der Waals surface area contributed by atoms with Gasteiger partial charge in [0.05, 0.1) is 11.3 Å².